The van der Waals surface area contributed by atoms with Crippen molar-refractivity contribution in [3.8, 4) is 0 Å². The number of hydrogen-bond acceptors (Lipinski definition) is 3. The van der Waals surface area contributed by atoms with Crippen LogP contribution >= 0.6 is 0 Å². The molecule has 0 amide bonds. The number of ether oxygens (including phenoxy) is 1. The average molecular weight is 344 g/mol. The third-order valence-corrected chi connectivity index (χ3v) is 6.52. The monoisotopic (exact) mass is 343 g/mol. The number of nitrogens with zero attached hydrogens (tertiary/aromatic N) is 1. The molecule has 4 atom stereocenters. The fourth-order valence-electron chi connectivity index (χ4n) is 5.00. The highest BCUT2D eigenvalue weighted by Crippen LogP contribution is 2.47. The maximum atomic E-state index is 12.7. The van der Waals surface area contributed by atoms with Crippen LogP contribution in [0.5, 0.6) is 0 Å². The fourth-order valence-corrected chi connectivity index (χ4v) is 5.00. The Balaban J connectivity index is 1.87. The largest absolute Gasteiger partial charge is 0.469 e. The third kappa shape index (κ3) is 3.62. The zero-order valence-electron chi connectivity index (χ0n) is 16.3. The Bertz CT molecular complexity index is 612. The Hall–Kier alpha value is -1.35. The van der Waals surface area contributed by atoms with Crippen molar-refractivity contribution in [1.82, 2.24) is 4.90 Å². The van der Waals surface area contributed by atoms with E-state index in [0.717, 1.165) is 19.4 Å². The average Bonchev–Trinajstić information content (AvgIpc) is 2.88. The second kappa shape index (κ2) is 7.90. The van der Waals surface area contributed by atoms with Crippen LogP contribution in [0.3, 0.4) is 0 Å². The second-order valence-corrected chi connectivity index (χ2v) is 7.98. The summed E-state index contributed by atoms with van der Waals surface area (Å²) in [4.78, 5) is 15.4. The third-order valence-electron chi connectivity index (χ3n) is 6.52. The van der Waals surface area contributed by atoms with Crippen molar-refractivity contribution in [3.63, 3.8) is 0 Å². The van der Waals surface area contributed by atoms with E-state index in [2.05, 4.69) is 43.9 Å². The number of unbranched alkanes of at least 4 members (excludes halogenated alkanes) is 2. The van der Waals surface area contributed by atoms with Gasteiger partial charge in [0.25, 0.3) is 0 Å². The first-order valence-corrected chi connectivity index (χ1v) is 9.97. The van der Waals surface area contributed by atoms with E-state index < -0.39 is 0 Å². The molecule has 2 aliphatic heterocycles. The molecular formula is C22H33NO2. The number of esters is 1. The molecule has 0 radical (unpaired) electrons. The number of hydrogen-bond donors (Lipinski definition) is 0. The van der Waals surface area contributed by atoms with Crippen molar-refractivity contribution in [3.05, 3.63) is 34.9 Å². The molecule has 0 aromatic heterocycles. The summed E-state index contributed by atoms with van der Waals surface area (Å²) in [6.07, 6.45) is 7.22. The van der Waals surface area contributed by atoms with Crippen molar-refractivity contribution in [2.45, 2.75) is 77.3 Å². The molecule has 2 fully saturated rings. The van der Waals surface area contributed by atoms with Crippen molar-refractivity contribution < 1.29 is 9.53 Å². The number of rotatable bonds is 6. The molecule has 1 aromatic carbocycles. The molecule has 1 aromatic rings. The molecule has 3 heteroatoms. The highest BCUT2D eigenvalue weighted by Gasteiger charge is 2.50. The van der Waals surface area contributed by atoms with Crippen molar-refractivity contribution in [2.75, 3.05) is 13.7 Å². The minimum absolute atomic E-state index is 0.0194. The number of benzene rings is 1. The van der Waals surface area contributed by atoms with Gasteiger partial charge in [0.15, 0.2) is 0 Å². The number of aryl methyl sites for hydroxylation is 2. The van der Waals surface area contributed by atoms with E-state index in [1.165, 1.54) is 42.4 Å². The van der Waals surface area contributed by atoms with E-state index in [1.54, 1.807) is 7.11 Å². The van der Waals surface area contributed by atoms with E-state index in [0.29, 0.717) is 18.0 Å². The highest BCUT2D eigenvalue weighted by atomic mass is 16.5. The lowest BCUT2D eigenvalue weighted by molar-refractivity contribution is -0.150. The quantitative estimate of drug-likeness (QED) is 0.558. The van der Waals surface area contributed by atoms with Crippen molar-refractivity contribution >= 4 is 5.97 Å². The van der Waals surface area contributed by atoms with Gasteiger partial charge in [0.1, 0.15) is 0 Å². The van der Waals surface area contributed by atoms with Crippen LogP contribution in [0.2, 0.25) is 0 Å². The van der Waals surface area contributed by atoms with Gasteiger partial charge in [0.05, 0.1) is 13.0 Å². The first kappa shape index (κ1) is 18.4. The Labute approximate surface area is 152 Å². The molecule has 2 aliphatic rings. The van der Waals surface area contributed by atoms with Gasteiger partial charge in [-0.05, 0) is 62.8 Å². The van der Waals surface area contributed by atoms with E-state index in [1.807, 2.05) is 0 Å². The maximum absolute atomic E-state index is 12.7. The van der Waals surface area contributed by atoms with Gasteiger partial charge < -0.3 is 4.74 Å². The van der Waals surface area contributed by atoms with Gasteiger partial charge in [-0.1, -0.05) is 38.0 Å². The Morgan fingerprint density at radius 1 is 1.20 bits per heavy atom. The Morgan fingerprint density at radius 3 is 2.68 bits per heavy atom. The zero-order chi connectivity index (χ0) is 18.0. The normalized spacial score (nSPS) is 29.0. The predicted octanol–water partition coefficient (Wildman–Crippen LogP) is 4.60. The zero-order valence-corrected chi connectivity index (χ0v) is 16.3. The highest BCUT2D eigenvalue weighted by molar-refractivity contribution is 5.75. The molecule has 2 bridgehead atoms. The smallest absolute Gasteiger partial charge is 0.310 e. The van der Waals surface area contributed by atoms with Crippen molar-refractivity contribution in [2.24, 2.45) is 5.92 Å². The van der Waals surface area contributed by atoms with E-state index in [4.69, 9.17) is 4.74 Å². The molecule has 2 saturated heterocycles. The van der Waals surface area contributed by atoms with Crippen LogP contribution in [0, 0.1) is 19.8 Å². The summed E-state index contributed by atoms with van der Waals surface area (Å²) < 4.78 is 5.25. The molecular weight excluding hydrogens is 310 g/mol. The molecule has 2 heterocycles. The molecule has 3 rings (SSSR count). The lowest BCUT2D eigenvalue weighted by atomic mass is 9.75. The van der Waals surface area contributed by atoms with E-state index in [9.17, 15) is 4.79 Å². The standard InChI is InChI=1S/C22H33NO2/c1-5-6-7-12-23-18-10-11-20(23)21(22(24)25-4)19(14-18)17-9-8-15(2)16(3)13-17/h8-9,13,18-21H,5-7,10-12,14H2,1-4H3. The molecule has 0 aliphatic carbocycles. The van der Waals surface area contributed by atoms with Gasteiger partial charge in [-0.2, -0.15) is 0 Å². The predicted molar refractivity (Wildman–Crippen MR) is 102 cm³/mol. The number of methoxy groups -OCH3 is 1. The van der Waals surface area contributed by atoms with Gasteiger partial charge >= 0.3 is 5.97 Å². The van der Waals surface area contributed by atoms with Gasteiger partial charge in [0.2, 0.25) is 0 Å². The Kier molecular flexibility index (Phi) is 5.83. The van der Waals surface area contributed by atoms with Crippen molar-refractivity contribution in [1.29, 1.82) is 0 Å². The van der Waals surface area contributed by atoms with Crippen LogP contribution in [-0.4, -0.2) is 36.6 Å². The minimum atomic E-state index is -0.0208. The topological polar surface area (TPSA) is 29.5 Å². The fraction of sp³-hybridized carbons (Fsp3) is 0.682. The van der Waals surface area contributed by atoms with Crippen LogP contribution in [0.4, 0.5) is 0 Å². The lowest BCUT2D eigenvalue weighted by Gasteiger charge is -2.44. The summed E-state index contributed by atoms with van der Waals surface area (Å²) >= 11 is 0. The molecule has 4 unspecified atom stereocenters. The maximum Gasteiger partial charge on any atom is 0.310 e. The molecule has 0 saturated carbocycles. The number of carbonyl (C=O) groups excluding carboxylic acids is 1. The second-order valence-electron chi connectivity index (χ2n) is 7.98. The number of fused-ring (bicyclic) bond motifs is 2. The lowest BCUT2D eigenvalue weighted by Crippen LogP contribution is -2.51. The Morgan fingerprint density at radius 2 is 2.00 bits per heavy atom. The van der Waals surface area contributed by atoms with Crippen LogP contribution < -0.4 is 0 Å². The number of carbonyl (C=O) groups is 1. The minimum Gasteiger partial charge on any atom is -0.469 e. The van der Waals surface area contributed by atoms with E-state index in [-0.39, 0.29) is 11.9 Å². The molecule has 0 spiro atoms. The van der Waals surface area contributed by atoms with Gasteiger partial charge in [-0.15, -0.1) is 0 Å². The molecule has 138 valence electrons. The molecule has 0 N–H and O–H groups in total. The van der Waals surface area contributed by atoms with Gasteiger partial charge in [0, 0.05) is 18.0 Å². The summed E-state index contributed by atoms with van der Waals surface area (Å²) in [5, 5.41) is 0. The summed E-state index contributed by atoms with van der Waals surface area (Å²) in [7, 11) is 1.54. The first-order valence-electron chi connectivity index (χ1n) is 9.97. The van der Waals surface area contributed by atoms with Crippen LogP contribution in [0.1, 0.15) is 68.1 Å². The van der Waals surface area contributed by atoms with Crippen LogP contribution in [0.25, 0.3) is 0 Å². The van der Waals surface area contributed by atoms with E-state index >= 15 is 0 Å². The summed E-state index contributed by atoms with van der Waals surface area (Å²) in [6, 6.07) is 7.72. The molecule has 25 heavy (non-hydrogen) atoms. The van der Waals surface area contributed by atoms with Gasteiger partial charge in [-0.25, -0.2) is 0 Å². The summed E-state index contributed by atoms with van der Waals surface area (Å²) in [5.41, 5.74) is 3.96. The number of piperidine rings is 1. The van der Waals surface area contributed by atoms with Crippen LogP contribution in [0.15, 0.2) is 18.2 Å². The SMILES string of the molecule is CCCCCN1C2CCC1C(C(=O)OC)C(c1ccc(C)c(C)c1)C2. The summed E-state index contributed by atoms with van der Waals surface area (Å²) in [5.74, 6) is 0.258. The van der Waals surface area contributed by atoms with Gasteiger partial charge in [-0.3, -0.25) is 9.69 Å². The summed E-state index contributed by atoms with van der Waals surface area (Å²) in [6.45, 7) is 7.70. The van der Waals surface area contributed by atoms with Crippen LogP contribution in [-0.2, 0) is 9.53 Å². The molecule has 3 nitrogen and oxygen atoms in total. The first-order chi connectivity index (χ1) is 12.1.